The quantitative estimate of drug-likeness (QED) is 0.658. The third kappa shape index (κ3) is 2.94. The lowest BCUT2D eigenvalue weighted by molar-refractivity contribution is 0.0984. The summed E-state index contributed by atoms with van der Waals surface area (Å²) < 4.78 is 6.14. The van der Waals surface area contributed by atoms with Gasteiger partial charge in [0, 0.05) is 20.8 Å². The minimum absolute atomic E-state index is 0.0205. The number of carbonyl (C=O) groups is 1. The molecular weight excluding hydrogens is 413 g/mol. The highest BCUT2D eigenvalue weighted by Crippen LogP contribution is 2.32. The summed E-state index contributed by atoms with van der Waals surface area (Å²) in [4.78, 5) is 14.7. The van der Waals surface area contributed by atoms with Gasteiger partial charge in [-0.05, 0) is 77.4 Å². The summed E-state index contributed by atoms with van der Waals surface area (Å²) in [5.74, 6) is 0.848. The zero-order valence-corrected chi connectivity index (χ0v) is 15.0. The Kier molecular flexibility index (Phi) is 4.59. The van der Waals surface area contributed by atoms with Crippen molar-refractivity contribution in [3.63, 3.8) is 0 Å². The van der Waals surface area contributed by atoms with Gasteiger partial charge >= 0.3 is 0 Å². The van der Waals surface area contributed by atoms with E-state index < -0.39 is 0 Å². The van der Waals surface area contributed by atoms with Gasteiger partial charge in [0.25, 0.3) is 5.91 Å². The number of ether oxygens (including phenoxy) is 1. The smallest absolute Gasteiger partial charge is 0.259 e. The molecule has 0 N–H and O–H groups in total. The monoisotopic (exact) mass is 427 g/mol. The van der Waals surface area contributed by atoms with Crippen LogP contribution in [-0.2, 0) is 6.42 Å². The van der Waals surface area contributed by atoms with E-state index in [1.165, 1.54) is 0 Å². The van der Waals surface area contributed by atoms with Crippen LogP contribution in [0.1, 0.15) is 22.3 Å². The third-order valence-electron chi connectivity index (χ3n) is 3.81. The van der Waals surface area contributed by atoms with Crippen LogP contribution in [0, 0.1) is 3.57 Å². The summed E-state index contributed by atoms with van der Waals surface area (Å²) in [7, 11) is 1.66. The molecule has 0 atom stereocenters. The van der Waals surface area contributed by atoms with Crippen LogP contribution in [-0.4, -0.2) is 19.6 Å². The lowest BCUT2D eigenvalue weighted by Crippen LogP contribution is -2.35. The summed E-state index contributed by atoms with van der Waals surface area (Å²) in [6, 6.07) is 11.3. The zero-order chi connectivity index (χ0) is 15.7. The second-order valence-corrected chi connectivity index (χ2v) is 6.78. The lowest BCUT2D eigenvalue weighted by atomic mass is 10.0. The molecule has 22 heavy (non-hydrogen) atoms. The molecule has 1 aliphatic rings. The Morgan fingerprint density at radius 1 is 1.27 bits per heavy atom. The first-order chi connectivity index (χ1) is 10.6. The zero-order valence-electron chi connectivity index (χ0n) is 12.1. The van der Waals surface area contributed by atoms with Gasteiger partial charge in [0.2, 0.25) is 0 Å². The second kappa shape index (κ2) is 6.46. The van der Waals surface area contributed by atoms with Crippen molar-refractivity contribution in [1.82, 2.24) is 0 Å². The molecular formula is C17H15ClINO2. The summed E-state index contributed by atoms with van der Waals surface area (Å²) in [5, 5.41) is 0.643. The van der Waals surface area contributed by atoms with Gasteiger partial charge in [0.05, 0.1) is 12.7 Å². The molecule has 1 aliphatic heterocycles. The molecule has 2 aromatic rings. The summed E-state index contributed by atoms with van der Waals surface area (Å²) in [6.45, 7) is 0.733. The van der Waals surface area contributed by atoms with E-state index in [-0.39, 0.29) is 5.91 Å². The van der Waals surface area contributed by atoms with Crippen molar-refractivity contribution in [2.45, 2.75) is 12.8 Å². The Hall–Kier alpha value is -1.27. The van der Waals surface area contributed by atoms with Gasteiger partial charge < -0.3 is 9.64 Å². The number of amides is 1. The first-order valence-corrected chi connectivity index (χ1v) is 8.49. The van der Waals surface area contributed by atoms with E-state index >= 15 is 0 Å². The first-order valence-electron chi connectivity index (χ1n) is 7.04. The summed E-state index contributed by atoms with van der Waals surface area (Å²) >= 11 is 8.13. The van der Waals surface area contributed by atoms with Crippen LogP contribution in [0.25, 0.3) is 0 Å². The maximum atomic E-state index is 12.9. The molecule has 1 amide bonds. The molecule has 0 bridgehead atoms. The summed E-state index contributed by atoms with van der Waals surface area (Å²) in [6.07, 6.45) is 1.92. The number of anilines is 1. The van der Waals surface area contributed by atoms with Gasteiger partial charge in [0.15, 0.2) is 0 Å². The van der Waals surface area contributed by atoms with Gasteiger partial charge in [-0.3, -0.25) is 4.79 Å². The van der Waals surface area contributed by atoms with Gasteiger partial charge in [-0.15, -0.1) is 0 Å². The second-order valence-electron chi connectivity index (χ2n) is 5.18. The highest BCUT2D eigenvalue weighted by Gasteiger charge is 2.25. The van der Waals surface area contributed by atoms with E-state index in [9.17, 15) is 4.79 Å². The molecule has 1 heterocycles. The van der Waals surface area contributed by atoms with E-state index in [4.69, 9.17) is 16.3 Å². The molecule has 0 fully saturated rings. The van der Waals surface area contributed by atoms with Gasteiger partial charge in [-0.2, -0.15) is 0 Å². The van der Waals surface area contributed by atoms with Gasteiger partial charge in [-0.1, -0.05) is 11.6 Å². The van der Waals surface area contributed by atoms with Crippen molar-refractivity contribution in [3.8, 4) is 5.75 Å². The van der Waals surface area contributed by atoms with Crippen molar-refractivity contribution in [2.75, 3.05) is 18.6 Å². The van der Waals surface area contributed by atoms with Crippen LogP contribution in [0.5, 0.6) is 5.75 Å². The van der Waals surface area contributed by atoms with E-state index in [1.807, 2.05) is 29.2 Å². The molecule has 5 heteroatoms. The number of nitrogens with zero attached hydrogens (tertiary/aromatic N) is 1. The molecule has 2 aromatic carbocycles. The SMILES string of the molecule is COc1ccc2c(c1)CCCN2C(=O)c1ccc(Cl)cc1I. The lowest BCUT2D eigenvalue weighted by Gasteiger charge is -2.30. The number of rotatable bonds is 2. The fourth-order valence-electron chi connectivity index (χ4n) is 2.72. The number of halogens is 2. The summed E-state index contributed by atoms with van der Waals surface area (Å²) in [5.41, 5.74) is 2.82. The average molecular weight is 428 g/mol. The molecule has 0 saturated carbocycles. The predicted octanol–water partition coefficient (Wildman–Crippen LogP) is 4.55. The number of hydrogen-bond donors (Lipinski definition) is 0. The minimum Gasteiger partial charge on any atom is -0.497 e. The number of benzene rings is 2. The van der Waals surface area contributed by atoms with Crippen LogP contribution in [0.2, 0.25) is 5.02 Å². The Balaban J connectivity index is 1.98. The predicted molar refractivity (Wildman–Crippen MR) is 97.2 cm³/mol. The normalized spacial score (nSPS) is 13.7. The topological polar surface area (TPSA) is 29.5 Å². The molecule has 0 unspecified atom stereocenters. The van der Waals surface area contributed by atoms with Crippen molar-refractivity contribution < 1.29 is 9.53 Å². The number of hydrogen-bond acceptors (Lipinski definition) is 2. The van der Waals surface area contributed by atoms with Crippen LogP contribution in [0.3, 0.4) is 0 Å². The molecule has 0 aromatic heterocycles. The average Bonchev–Trinajstić information content (AvgIpc) is 2.53. The van der Waals surface area contributed by atoms with E-state index in [0.717, 1.165) is 40.0 Å². The van der Waals surface area contributed by atoms with E-state index in [2.05, 4.69) is 22.6 Å². The highest BCUT2D eigenvalue weighted by atomic mass is 127. The number of aryl methyl sites for hydroxylation is 1. The third-order valence-corrected chi connectivity index (χ3v) is 4.94. The van der Waals surface area contributed by atoms with Crippen molar-refractivity contribution in [1.29, 1.82) is 0 Å². The molecule has 0 saturated heterocycles. The number of fused-ring (bicyclic) bond motifs is 1. The molecule has 3 nitrogen and oxygen atoms in total. The van der Waals surface area contributed by atoms with E-state index in [0.29, 0.717) is 10.6 Å². The number of carbonyl (C=O) groups excluding carboxylic acids is 1. The van der Waals surface area contributed by atoms with Crippen molar-refractivity contribution in [3.05, 3.63) is 56.1 Å². The van der Waals surface area contributed by atoms with Crippen LogP contribution in [0.4, 0.5) is 5.69 Å². The molecule has 0 spiro atoms. The number of methoxy groups -OCH3 is 1. The standard InChI is InChI=1S/C17H15ClINO2/c1-22-13-5-7-16-11(9-13)3-2-8-20(16)17(21)14-6-4-12(18)10-15(14)19/h4-7,9-10H,2-3,8H2,1H3. The first kappa shape index (κ1) is 15.6. The maximum absolute atomic E-state index is 12.9. The Morgan fingerprint density at radius 3 is 2.82 bits per heavy atom. The minimum atomic E-state index is 0.0205. The fraction of sp³-hybridized carbons (Fsp3) is 0.235. The van der Waals surface area contributed by atoms with Crippen LogP contribution in [0.15, 0.2) is 36.4 Å². The van der Waals surface area contributed by atoms with Crippen molar-refractivity contribution >= 4 is 45.8 Å². The van der Waals surface area contributed by atoms with Crippen LogP contribution >= 0.6 is 34.2 Å². The van der Waals surface area contributed by atoms with Gasteiger partial charge in [0.1, 0.15) is 5.75 Å². The Bertz CT molecular complexity index is 733. The molecule has 114 valence electrons. The fourth-order valence-corrected chi connectivity index (χ4v) is 3.82. The Labute approximate surface area is 148 Å². The molecule has 3 rings (SSSR count). The Morgan fingerprint density at radius 2 is 2.09 bits per heavy atom. The largest absolute Gasteiger partial charge is 0.497 e. The highest BCUT2D eigenvalue weighted by molar-refractivity contribution is 14.1. The molecule has 0 aliphatic carbocycles. The van der Waals surface area contributed by atoms with Gasteiger partial charge in [-0.25, -0.2) is 0 Å². The molecule has 0 radical (unpaired) electrons. The van der Waals surface area contributed by atoms with Crippen LogP contribution < -0.4 is 9.64 Å². The van der Waals surface area contributed by atoms with E-state index in [1.54, 1.807) is 19.2 Å². The maximum Gasteiger partial charge on any atom is 0.259 e. The van der Waals surface area contributed by atoms with Crippen molar-refractivity contribution in [2.24, 2.45) is 0 Å².